The highest BCUT2D eigenvalue weighted by Gasteiger charge is 2.15. The third-order valence-electron chi connectivity index (χ3n) is 3.45. The van der Waals surface area contributed by atoms with Gasteiger partial charge in [0.05, 0.1) is 11.2 Å². The summed E-state index contributed by atoms with van der Waals surface area (Å²) in [6.07, 6.45) is 0.618. The predicted octanol–water partition coefficient (Wildman–Crippen LogP) is 2.87. The van der Waals surface area contributed by atoms with E-state index < -0.39 is 5.82 Å². The molecule has 4 nitrogen and oxygen atoms in total. The van der Waals surface area contributed by atoms with Crippen molar-refractivity contribution in [2.24, 2.45) is 0 Å². The first-order chi connectivity index (χ1) is 10.1. The average Bonchev–Trinajstić information content (AvgIpc) is 2.47. The van der Waals surface area contributed by atoms with Gasteiger partial charge in [-0.3, -0.25) is 4.79 Å². The maximum atomic E-state index is 14.4. The molecule has 3 N–H and O–H groups in total. The first-order valence-corrected chi connectivity index (χ1v) is 6.67. The molecule has 2 heterocycles. The predicted molar refractivity (Wildman–Crippen MR) is 81.5 cm³/mol. The lowest BCUT2D eigenvalue weighted by atomic mass is 9.99. The Morgan fingerprint density at radius 1 is 1.19 bits per heavy atom. The van der Waals surface area contributed by atoms with Crippen molar-refractivity contribution in [2.45, 2.75) is 13.3 Å². The number of nitrogen functional groups attached to an aromatic ring is 1. The Labute approximate surface area is 120 Å². The second-order valence-electron chi connectivity index (χ2n) is 4.79. The summed E-state index contributed by atoms with van der Waals surface area (Å²) in [6, 6.07) is 9.50. The molecule has 3 aromatic rings. The average molecular weight is 283 g/mol. The fourth-order valence-electron chi connectivity index (χ4n) is 2.48. The summed E-state index contributed by atoms with van der Waals surface area (Å²) in [5.74, 6) is -0.00430. The molecule has 0 spiro atoms. The van der Waals surface area contributed by atoms with Crippen LogP contribution in [0.3, 0.4) is 0 Å². The number of fused-ring (bicyclic) bond motifs is 1. The highest BCUT2D eigenvalue weighted by atomic mass is 19.1. The van der Waals surface area contributed by atoms with Crippen molar-refractivity contribution >= 4 is 16.7 Å². The number of hydrogen-bond donors (Lipinski definition) is 2. The molecule has 2 aromatic heterocycles. The lowest BCUT2D eigenvalue weighted by Crippen LogP contribution is -2.05. The van der Waals surface area contributed by atoms with Gasteiger partial charge in [-0.1, -0.05) is 6.92 Å². The van der Waals surface area contributed by atoms with E-state index in [4.69, 9.17) is 5.73 Å². The third-order valence-corrected chi connectivity index (χ3v) is 3.45. The van der Waals surface area contributed by atoms with E-state index in [-0.39, 0.29) is 5.56 Å². The highest BCUT2D eigenvalue weighted by Crippen LogP contribution is 2.32. The van der Waals surface area contributed by atoms with Gasteiger partial charge >= 0.3 is 0 Å². The van der Waals surface area contributed by atoms with Crippen LogP contribution in [0, 0.1) is 5.82 Å². The summed E-state index contributed by atoms with van der Waals surface area (Å²) in [5, 5.41) is 0.768. The second kappa shape index (κ2) is 5.01. The molecule has 21 heavy (non-hydrogen) atoms. The number of halogens is 1. The third kappa shape index (κ3) is 2.27. The minimum Gasteiger partial charge on any atom is -0.384 e. The number of benzene rings is 1. The summed E-state index contributed by atoms with van der Waals surface area (Å²) in [6.45, 7) is 1.93. The second-order valence-corrected chi connectivity index (χ2v) is 4.79. The molecule has 5 heteroatoms. The van der Waals surface area contributed by atoms with Gasteiger partial charge in [0.25, 0.3) is 0 Å². The van der Waals surface area contributed by atoms with E-state index in [1.807, 2.05) is 6.92 Å². The maximum Gasteiger partial charge on any atom is 0.248 e. The Balaban J connectivity index is 2.41. The smallest absolute Gasteiger partial charge is 0.248 e. The minimum atomic E-state index is -0.398. The van der Waals surface area contributed by atoms with Crippen molar-refractivity contribution in [3.8, 4) is 11.1 Å². The summed E-state index contributed by atoms with van der Waals surface area (Å²) in [4.78, 5) is 18.5. The molecule has 0 unspecified atom stereocenters. The molecular formula is C16H14FN3O. The molecule has 0 fully saturated rings. The van der Waals surface area contributed by atoms with Crippen molar-refractivity contribution in [2.75, 3.05) is 5.73 Å². The molecule has 106 valence electrons. The van der Waals surface area contributed by atoms with Gasteiger partial charge in [0.15, 0.2) is 0 Å². The van der Waals surface area contributed by atoms with Crippen molar-refractivity contribution in [1.82, 2.24) is 9.97 Å². The number of aromatic amines is 1. The SMILES string of the molecule is CCc1nc(N)ccc1-c1c(F)ccc2ccc(=O)[nH]c12. The molecule has 0 bridgehead atoms. The molecular weight excluding hydrogens is 269 g/mol. The Morgan fingerprint density at radius 3 is 2.71 bits per heavy atom. The van der Waals surface area contributed by atoms with E-state index in [0.29, 0.717) is 34.6 Å². The number of pyridine rings is 2. The first kappa shape index (κ1) is 13.3. The largest absolute Gasteiger partial charge is 0.384 e. The number of nitrogens with one attached hydrogen (secondary N) is 1. The molecule has 0 atom stereocenters. The van der Waals surface area contributed by atoms with Gasteiger partial charge in [-0.15, -0.1) is 0 Å². The fourth-order valence-corrected chi connectivity index (χ4v) is 2.48. The van der Waals surface area contributed by atoms with Crippen molar-refractivity contribution in [3.63, 3.8) is 0 Å². The maximum absolute atomic E-state index is 14.4. The lowest BCUT2D eigenvalue weighted by Gasteiger charge is -2.12. The van der Waals surface area contributed by atoms with E-state index in [0.717, 1.165) is 5.39 Å². The summed E-state index contributed by atoms with van der Waals surface area (Å²) < 4.78 is 14.4. The van der Waals surface area contributed by atoms with Gasteiger partial charge < -0.3 is 10.7 Å². The van der Waals surface area contributed by atoms with Crippen LogP contribution in [-0.4, -0.2) is 9.97 Å². The molecule has 0 saturated carbocycles. The van der Waals surface area contributed by atoms with E-state index in [9.17, 15) is 9.18 Å². The zero-order valence-corrected chi connectivity index (χ0v) is 11.5. The van der Waals surface area contributed by atoms with Gasteiger partial charge in [-0.25, -0.2) is 9.37 Å². The van der Waals surface area contributed by atoms with Gasteiger partial charge in [0.1, 0.15) is 11.6 Å². The van der Waals surface area contributed by atoms with Crippen LogP contribution < -0.4 is 11.3 Å². The Morgan fingerprint density at radius 2 is 1.95 bits per heavy atom. The Kier molecular flexibility index (Phi) is 3.17. The van der Waals surface area contributed by atoms with Crippen molar-refractivity contribution in [1.29, 1.82) is 0 Å². The van der Waals surface area contributed by atoms with Crippen LogP contribution in [0.15, 0.2) is 41.2 Å². The quantitative estimate of drug-likeness (QED) is 0.759. The van der Waals surface area contributed by atoms with E-state index in [1.165, 1.54) is 12.1 Å². The van der Waals surface area contributed by atoms with Gasteiger partial charge in [-0.05, 0) is 42.1 Å². The minimum absolute atomic E-state index is 0.268. The number of nitrogens with two attached hydrogens (primary N) is 1. The molecule has 0 aliphatic carbocycles. The van der Waals surface area contributed by atoms with Crippen LogP contribution in [-0.2, 0) is 6.42 Å². The van der Waals surface area contributed by atoms with Crippen LogP contribution >= 0.6 is 0 Å². The number of hydrogen-bond acceptors (Lipinski definition) is 3. The summed E-state index contributed by atoms with van der Waals surface area (Å²) in [7, 11) is 0. The van der Waals surface area contributed by atoms with E-state index in [1.54, 1.807) is 24.3 Å². The number of aromatic nitrogens is 2. The molecule has 0 aliphatic heterocycles. The van der Waals surface area contributed by atoms with Crippen LogP contribution in [0.25, 0.3) is 22.0 Å². The molecule has 0 aliphatic rings. The van der Waals surface area contributed by atoms with Gasteiger partial charge in [-0.2, -0.15) is 0 Å². The molecule has 3 rings (SSSR count). The van der Waals surface area contributed by atoms with E-state index in [2.05, 4.69) is 9.97 Å². The summed E-state index contributed by atoms with van der Waals surface area (Å²) in [5.41, 5.74) is 7.61. The van der Waals surface area contributed by atoms with Crippen LogP contribution in [0.1, 0.15) is 12.6 Å². The number of H-pyrrole nitrogens is 1. The normalized spacial score (nSPS) is 11.0. The zero-order valence-electron chi connectivity index (χ0n) is 11.5. The van der Waals surface area contributed by atoms with Crippen LogP contribution in [0.5, 0.6) is 0 Å². The standard InChI is InChI=1S/C16H14FN3O/c1-2-12-10(5-7-13(18)19-12)15-11(17)6-3-9-4-8-14(21)20-16(9)15/h3-8H,2H2,1H3,(H2,18,19)(H,20,21). The number of anilines is 1. The first-order valence-electron chi connectivity index (χ1n) is 6.67. The number of nitrogens with zero attached hydrogens (tertiary/aromatic N) is 1. The van der Waals surface area contributed by atoms with Crippen LogP contribution in [0.2, 0.25) is 0 Å². The zero-order chi connectivity index (χ0) is 15.0. The number of aryl methyl sites for hydroxylation is 1. The van der Waals surface area contributed by atoms with E-state index >= 15 is 0 Å². The molecule has 0 radical (unpaired) electrons. The molecule has 1 aromatic carbocycles. The fraction of sp³-hybridized carbons (Fsp3) is 0.125. The lowest BCUT2D eigenvalue weighted by molar-refractivity contribution is 0.632. The number of rotatable bonds is 2. The van der Waals surface area contributed by atoms with Crippen molar-refractivity contribution in [3.05, 3.63) is 58.3 Å². The van der Waals surface area contributed by atoms with Gasteiger partial charge in [0, 0.05) is 17.2 Å². The van der Waals surface area contributed by atoms with Crippen LogP contribution in [0.4, 0.5) is 10.2 Å². The highest BCUT2D eigenvalue weighted by molar-refractivity contribution is 5.94. The Bertz CT molecular complexity index is 886. The van der Waals surface area contributed by atoms with Gasteiger partial charge in [0.2, 0.25) is 5.56 Å². The monoisotopic (exact) mass is 283 g/mol. The topological polar surface area (TPSA) is 71.8 Å². The van der Waals surface area contributed by atoms with Crippen molar-refractivity contribution < 1.29 is 4.39 Å². The molecule has 0 amide bonds. The summed E-state index contributed by atoms with van der Waals surface area (Å²) >= 11 is 0. The Hall–Kier alpha value is -2.69. The molecule has 0 saturated heterocycles.